The summed E-state index contributed by atoms with van der Waals surface area (Å²) >= 11 is 0. The van der Waals surface area contributed by atoms with E-state index in [1.807, 2.05) is 41.3 Å². The molecule has 0 radical (unpaired) electrons. The third kappa shape index (κ3) is 4.68. The van der Waals surface area contributed by atoms with Gasteiger partial charge in [-0.3, -0.25) is 4.79 Å². The van der Waals surface area contributed by atoms with Crippen LogP contribution in [0.15, 0.2) is 36.4 Å². The molecule has 1 saturated carbocycles. The van der Waals surface area contributed by atoms with Crippen molar-refractivity contribution in [3.63, 3.8) is 0 Å². The molecule has 23 heavy (non-hydrogen) atoms. The average Bonchev–Trinajstić information content (AvgIpc) is 3.43. The molecule has 1 amide bonds. The lowest BCUT2D eigenvalue weighted by atomic mass is 10.1. The first-order chi connectivity index (χ1) is 11.3. The molecule has 0 bridgehead atoms. The van der Waals surface area contributed by atoms with Gasteiger partial charge in [0.25, 0.3) is 0 Å². The highest BCUT2D eigenvalue weighted by atomic mass is 16.5. The van der Waals surface area contributed by atoms with Gasteiger partial charge in [0.05, 0.1) is 12.2 Å². The van der Waals surface area contributed by atoms with Gasteiger partial charge in [-0.15, -0.1) is 0 Å². The third-order valence-corrected chi connectivity index (χ3v) is 4.75. The van der Waals surface area contributed by atoms with E-state index >= 15 is 0 Å². The number of unbranched alkanes of at least 4 members (excludes halogenated alkanes) is 1. The quantitative estimate of drug-likeness (QED) is 0.746. The molecule has 0 unspecified atom stereocenters. The Labute approximate surface area is 139 Å². The number of rotatable bonds is 6. The van der Waals surface area contributed by atoms with Crippen molar-refractivity contribution in [1.82, 2.24) is 4.90 Å². The standard InChI is InChI=1S/C20H27NO2/c1-2-3-9-18-14-21(15-19(23-18)17-11-12-17)20(22)13-10-16-7-5-4-6-8-16/h4-8,10,13,17-19H,2-3,9,11-12,14-15H2,1H3/t18-,19-/m1/s1. The van der Waals surface area contributed by atoms with Gasteiger partial charge < -0.3 is 9.64 Å². The van der Waals surface area contributed by atoms with Crippen molar-refractivity contribution in [1.29, 1.82) is 0 Å². The molecule has 1 aliphatic heterocycles. The van der Waals surface area contributed by atoms with Crippen LogP contribution in [0.4, 0.5) is 0 Å². The maximum absolute atomic E-state index is 12.6. The summed E-state index contributed by atoms with van der Waals surface area (Å²) in [6.07, 6.45) is 10.0. The molecule has 3 heteroatoms. The van der Waals surface area contributed by atoms with Crippen LogP contribution in [0.2, 0.25) is 0 Å². The molecule has 1 aromatic rings. The van der Waals surface area contributed by atoms with Crippen LogP contribution in [-0.4, -0.2) is 36.1 Å². The van der Waals surface area contributed by atoms with Crippen LogP contribution in [0.5, 0.6) is 0 Å². The van der Waals surface area contributed by atoms with Gasteiger partial charge in [-0.25, -0.2) is 0 Å². The van der Waals surface area contributed by atoms with Crippen molar-refractivity contribution in [2.45, 2.75) is 51.2 Å². The van der Waals surface area contributed by atoms with Crippen molar-refractivity contribution in [3.05, 3.63) is 42.0 Å². The van der Waals surface area contributed by atoms with Crippen LogP contribution in [0.1, 0.15) is 44.6 Å². The van der Waals surface area contributed by atoms with Crippen LogP contribution in [0, 0.1) is 5.92 Å². The minimum Gasteiger partial charge on any atom is -0.371 e. The summed E-state index contributed by atoms with van der Waals surface area (Å²) in [5, 5.41) is 0. The minimum atomic E-state index is 0.115. The van der Waals surface area contributed by atoms with Crippen molar-refractivity contribution < 1.29 is 9.53 Å². The molecule has 2 fully saturated rings. The fourth-order valence-electron chi connectivity index (χ4n) is 3.21. The Kier molecular flexibility index (Phi) is 5.50. The van der Waals surface area contributed by atoms with Crippen LogP contribution in [0.25, 0.3) is 6.08 Å². The van der Waals surface area contributed by atoms with E-state index < -0.39 is 0 Å². The lowest BCUT2D eigenvalue weighted by molar-refractivity contribution is -0.143. The van der Waals surface area contributed by atoms with E-state index in [1.54, 1.807) is 6.08 Å². The second-order valence-corrected chi connectivity index (χ2v) is 6.76. The Morgan fingerprint density at radius 2 is 2.04 bits per heavy atom. The van der Waals surface area contributed by atoms with E-state index in [4.69, 9.17) is 4.74 Å². The molecular weight excluding hydrogens is 286 g/mol. The first-order valence-electron chi connectivity index (χ1n) is 8.93. The number of carbonyl (C=O) groups is 1. The summed E-state index contributed by atoms with van der Waals surface area (Å²) in [6.45, 7) is 3.69. The number of nitrogens with zero attached hydrogens (tertiary/aromatic N) is 1. The Morgan fingerprint density at radius 3 is 2.74 bits per heavy atom. The van der Waals surface area contributed by atoms with E-state index in [9.17, 15) is 4.79 Å². The van der Waals surface area contributed by atoms with Gasteiger partial charge >= 0.3 is 0 Å². The van der Waals surface area contributed by atoms with Gasteiger partial charge in [-0.05, 0) is 36.8 Å². The van der Waals surface area contributed by atoms with E-state index in [0.717, 1.165) is 25.1 Å². The number of amides is 1. The van der Waals surface area contributed by atoms with Gasteiger partial charge in [0.15, 0.2) is 0 Å². The minimum absolute atomic E-state index is 0.115. The van der Waals surface area contributed by atoms with Gasteiger partial charge in [0.1, 0.15) is 0 Å². The number of morpholine rings is 1. The predicted molar refractivity (Wildman–Crippen MR) is 93.0 cm³/mol. The zero-order chi connectivity index (χ0) is 16.1. The SMILES string of the molecule is CCCC[C@@H]1CN(C(=O)C=Cc2ccccc2)C[C@H](C2CC2)O1. The Bertz CT molecular complexity index is 536. The van der Waals surface area contributed by atoms with Gasteiger partial charge in [-0.1, -0.05) is 50.1 Å². The van der Waals surface area contributed by atoms with Crippen molar-refractivity contribution in [3.8, 4) is 0 Å². The highest BCUT2D eigenvalue weighted by molar-refractivity contribution is 5.91. The molecule has 0 spiro atoms. The normalized spacial score (nSPS) is 25.0. The summed E-state index contributed by atoms with van der Waals surface area (Å²) < 4.78 is 6.24. The molecule has 124 valence electrons. The Hall–Kier alpha value is -1.61. The predicted octanol–water partition coefficient (Wildman–Crippen LogP) is 3.90. The first kappa shape index (κ1) is 16.3. The first-order valence-corrected chi connectivity index (χ1v) is 8.93. The summed E-state index contributed by atoms with van der Waals surface area (Å²) in [5.41, 5.74) is 1.07. The van der Waals surface area contributed by atoms with Crippen LogP contribution < -0.4 is 0 Å². The summed E-state index contributed by atoms with van der Waals surface area (Å²) in [6, 6.07) is 9.99. The van der Waals surface area contributed by atoms with Crippen LogP contribution in [0.3, 0.4) is 0 Å². The maximum Gasteiger partial charge on any atom is 0.246 e. The molecule has 3 nitrogen and oxygen atoms in total. The number of ether oxygens (including phenoxy) is 1. The average molecular weight is 313 g/mol. The molecule has 1 heterocycles. The lowest BCUT2D eigenvalue weighted by Gasteiger charge is -2.38. The number of carbonyl (C=O) groups excluding carboxylic acids is 1. The zero-order valence-corrected chi connectivity index (χ0v) is 14.0. The van der Waals surface area contributed by atoms with Crippen molar-refractivity contribution in [2.75, 3.05) is 13.1 Å². The second kappa shape index (κ2) is 7.78. The monoisotopic (exact) mass is 313 g/mol. The number of hydrogen-bond donors (Lipinski definition) is 0. The van der Waals surface area contributed by atoms with Crippen molar-refractivity contribution in [2.24, 2.45) is 5.92 Å². The van der Waals surface area contributed by atoms with Gasteiger partial charge in [0, 0.05) is 19.2 Å². The van der Waals surface area contributed by atoms with E-state index in [-0.39, 0.29) is 18.1 Å². The number of benzene rings is 1. The van der Waals surface area contributed by atoms with Gasteiger partial charge in [-0.2, -0.15) is 0 Å². The molecule has 2 aliphatic rings. The van der Waals surface area contributed by atoms with E-state index in [1.165, 1.54) is 25.7 Å². The molecule has 1 aromatic carbocycles. The molecule has 0 N–H and O–H groups in total. The zero-order valence-electron chi connectivity index (χ0n) is 14.0. The largest absolute Gasteiger partial charge is 0.371 e. The van der Waals surface area contributed by atoms with Crippen LogP contribution >= 0.6 is 0 Å². The highest BCUT2D eigenvalue weighted by Crippen LogP contribution is 2.37. The summed E-state index contributed by atoms with van der Waals surface area (Å²) in [5.74, 6) is 0.789. The van der Waals surface area contributed by atoms with E-state index in [0.29, 0.717) is 5.92 Å². The topological polar surface area (TPSA) is 29.5 Å². The molecule has 2 atom stereocenters. The smallest absolute Gasteiger partial charge is 0.246 e. The van der Waals surface area contributed by atoms with Crippen molar-refractivity contribution >= 4 is 12.0 Å². The van der Waals surface area contributed by atoms with Crippen LogP contribution in [-0.2, 0) is 9.53 Å². The number of hydrogen-bond acceptors (Lipinski definition) is 2. The van der Waals surface area contributed by atoms with E-state index in [2.05, 4.69) is 6.92 Å². The third-order valence-electron chi connectivity index (χ3n) is 4.75. The molecule has 0 aromatic heterocycles. The lowest BCUT2D eigenvalue weighted by Crippen LogP contribution is -2.50. The summed E-state index contributed by atoms with van der Waals surface area (Å²) in [7, 11) is 0. The highest BCUT2D eigenvalue weighted by Gasteiger charge is 2.39. The maximum atomic E-state index is 12.6. The molecule has 1 aliphatic carbocycles. The molecule has 3 rings (SSSR count). The summed E-state index contributed by atoms with van der Waals surface area (Å²) in [4.78, 5) is 14.6. The Balaban J connectivity index is 1.61. The fraction of sp³-hybridized carbons (Fsp3) is 0.550. The Morgan fingerprint density at radius 1 is 1.26 bits per heavy atom. The fourth-order valence-corrected chi connectivity index (χ4v) is 3.21. The second-order valence-electron chi connectivity index (χ2n) is 6.76. The molecular formula is C20H27NO2. The van der Waals surface area contributed by atoms with Gasteiger partial charge in [0.2, 0.25) is 5.91 Å². The molecule has 1 saturated heterocycles.